The topological polar surface area (TPSA) is 30.5 Å². The molecule has 1 aromatic carbocycles. The number of methoxy groups -OCH3 is 1. The average Bonchev–Trinajstić information content (AvgIpc) is 2.37. The van der Waals surface area contributed by atoms with Crippen LogP contribution < -0.4 is 10.1 Å². The predicted octanol–water partition coefficient (Wildman–Crippen LogP) is 3.38. The zero-order chi connectivity index (χ0) is 14.3. The molecule has 0 aliphatic heterocycles. The molecule has 1 rings (SSSR count). The molecule has 0 bridgehead atoms. The van der Waals surface area contributed by atoms with Gasteiger partial charge in [-0.15, -0.1) is 0 Å². The highest BCUT2D eigenvalue weighted by Crippen LogP contribution is 2.17. The van der Waals surface area contributed by atoms with Gasteiger partial charge in [-0.3, -0.25) is 0 Å². The second-order valence-corrected chi connectivity index (χ2v) is 5.75. The van der Waals surface area contributed by atoms with Gasteiger partial charge in [0.05, 0.1) is 12.2 Å². The van der Waals surface area contributed by atoms with Gasteiger partial charge in [0.25, 0.3) is 0 Å². The third-order valence-electron chi connectivity index (χ3n) is 3.14. The Hall–Kier alpha value is -1.06. The molecule has 0 radical (unpaired) electrons. The molecule has 1 N–H and O–H groups in total. The summed E-state index contributed by atoms with van der Waals surface area (Å²) >= 11 is 0. The standard InChI is InChI=1S/C16H27NO2/c1-13(2)17-12-14-7-6-8-15(11-14)19-10-9-16(3,4)18-5/h6-8,11,13,17H,9-10,12H2,1-5H3. The number of hydrogen-bond donors (Lipinski definition) is 1. The van der Waals surface area contributed by atoms with Crippen molar-refractivity contribution in [3.63, 3.8) is 0 Å². The molecular formula is C16H27NO2. The second kappa shape index (κ2) is 7.51. The lowest BCUT2D eigenvalue weighted by Gasteiger charge is -2.22. The van der Waals surface area contributed by atoms with E-state index in [0.29, 0.717) is 12.6 Å². The molecule has 0 fully saturated rings. The van der Waals surface area contributed by atoms with Crippen LogP contribution in [-0.2, 0) is 11.3 Å². The highest BCUT2D eigenvalue weighted by atomic mass is 16.5. The van der Waals surface area contributed by atoms with Gasteiger partial charge in [0.2, 0.25) is 0 Å². The van der Waals surface area contributed by atoms with Gasteiger partial charge >= 0.3 is 0 Å². The van der Waals surface area contributed by atoms with Crippen molar-refractivity contribution >= 4 is 0 Å². The largest absolute Gasteiger partial charge is 0.493 e. The van der Waals surface area contributed by atoms with Crippen LogP contribution in [0.2, 0.25) is 0 Å². The first-order valence-electron chi connectivity index (χ1n) is 6.93. The monoisotopic (exact) mass is 265 g/mol. The number of ether oxygens (including phenoxy) is 2. The molecular weight excluding hydrogens is 238 g/mol. The number of hydrogen-bond acceptors (Lipinski definition) is 3. The van der Waals surface area contributed by atoms with Gasteiger partial charge in [-0.1, -0.05) is 26.0 Å². The highest BCUT2D eigenvalue weighted by molar-refractivity contribution is 5.28. The van der Waals surface area contributed by atoms with Crippen molar-refractivity contribution in [2.45, 2.75) is 52.3 Å². The Kier molecular flexibility index (Phi) is 6.32. The third-order valence-corrected chi connectivity index (χ3v) is 3.14. The first-order valence-corrected chi connectivity index (χ1v) is 6.93. The van der Waals surface area contributed by atoms with Gasteiger partial charge in [0.1, 0.15) is 5.75 Å². The summed E-state index contributed by atoms with van der Waals surface area (Å²) in [5, 5.41) is 3.40. The first kappa shape index (κ1) is 16.0. The van der Waals surface area contributed by atoms with Gasteiger partial charge in [0.15, 0.2) is 0 Å². The molecule has 0 unspecified atom stereocenters. The molecule has 3 nitrogen and oxygen atoms in total. The van der Waals surface area contributed by atoms with E-state index in [1.807, 2.05) is 12.1 Å². The van der Waals surface area contributed by atoms with Crippen LogP contribution in [-0.4, -0.2) is 25.4 Å². The lowest BCUT2D eigenvalue weighted by Crippen LogP contribution is -2.25. The maximum Gasteiger partial charge on any atom is 0.119 e. The zero-order valence-electron chi connectivity index (χ0n) is 12.8. The Labute approximate surface area is 117 Å². The van der Waals surface area contributed by atoms with Gasteiger partial charge in [0, 0.05) is 26.1 Å². The van der Waals surface area contributed by atoms with Crippen LogP contribution in [0.15, 0.2) is 24.3 Å². The molecule has 108 valence electrons. The molecule has 1 aromatic rings. The minimum absolute atomic E-state index is 0.128. The van der Waals surface area contributed by atoms with Crippen LogP contribution in [0.25, 0.3) is 0 Å². The smallest absolute Gasteiger partial charge is 0.119 e. The minimum atomic E-state index is -0.128. The van der Waals surface area contributed by atoms with Gasteiger partial charge in [-0.05, 0) is 31.5 Å². The summed E-state index contributed by atoms with van der Waals surface area (Å²) in [5.41, 5.74) is 1.12. The summed E-state index contributed by atoms with van der Waals surface area (Å²) in [7, 11) is 1.73. The second-order valence-electron chi connectivity index (χ2n) is 5.75. The Bertz CT molecular complexity index is 375. The van der Waals surface area contributed by atoms with Crippen LogP contribution in [0.4, 0.5) is 0 Å². The van der Waals surface area contributed by atoms with Crippen LogP contribution in [0.3, 0.4) is 0 Å². The SMILES string of the molecule is COC(C)(C)CCOc1cccc(CNC(C)C)c1. The maximum atomic E-state index is 5.78. The normalized spacial score (nSPS) is 11.9. The molecule has 0 aliphatic carbocycles. The summed E-state index contributed by atoms with van der Waals surface area (Å²) in [6, 6.07) is 8.73. The third kappa shape index (κ3) is 6.60. The lowest BCUT2D eigenvalue weighted by molar-refractivity contribution is 0.00545. The van der Waals surface area contributed by atoms with E-state index in [2.05, 4.69) is 45.1 Å². The summed E-state index contributed by atoms with van der Waals surface area (Å²) in [5.74, 6) is 0.926. The first-order chi connectivity index (χ1) is 8.93. The fraction of sp³-hybridized carbons (Fsp3) is 0.625. The minimum Gasteiger partial charge on any atom is -0.493 e. The Balaban J connectivity index is 2.44. The fourth-order valence-electron chi connectivity index (χ4n) is 1.58. The molecule has 0 atom stereocenters. The van der Waals surface area contributed by atoms with E-state index in [1.165, 1.54) is 5.56 Å². The molecule has 0 aliphatic rings. The Morgan fingerprint density at radius 3 is 2.63 bits per heavy atom. The predicted molar refractivity (Wildman–Crippen MR) is 79.6 cm³/mol. The van der Waals surface area contributed by atoms with Crippen molar-refractivity contribution in [2.75, 3.05) is 13.7 Å². The van der Waals surface area contributed by atoms with Crippen molar-refractivity contribution in [3.05, 3.63) is 29.8 Å². The van der Waals surface area contributed by atoms with E-state index in [9.17, 15) is 0 Å². The van der Waals surface area contributed by atoms with Crippen molar-refractivity contribution in [1.82, 2.24) is 5.32 Å². The van der Waals surface area contributed by atoms with Crippen LogP contribution in [0.5, 0.6) is 5.75 Å². The Morgan fingerprint density at radius 1 is 1.26 bits per heavy atom. The van der Waals surface area contributed by atoms with E-state index < -0.39 is 0 Å². The van der Waals surface area contributed by atoms with Crippen LogP contribution in [0.1, 0.15) is 39.7 Å². The zero-order valence-corrected chi connectivity index (χ0v) is 12.8. The van der Waals surface area contributed by atoms with Gasteiger partial charge < -0.3 is 14.8 Å². The highest BCUT2D eigenvalue weighted by Gasteiger charge is 2.15. The van der Waals surface area contributed by atoms with Crippen LogP contribution >= 0.6 is 0 Å². The van der Waals surface area contributed by atoms with Crippen molar-refractivity contribution in [1.29, 1.82) is 0 Å². The van der Waals surface area contributed by atoms with Crippen molar-refractivity contribution < 1.29 is 9.47 Å². The number of nitrogens with one attached hydrogen (secondary N) is 1. The van der Waals surface area contributed by atoms with E-state index in [-0.39, 0.29) is 5.60 Å². The lowest BCUT2D eigenvalue weighted by atomic mass is 10.1. The molecule has 19 heavy (non-hydrogen) atoms. The van der Waals surface area contributed by atoms with Crippen LogP contribution in [0, 0.1) is 0 Å². The van der Waals surface area contributed by atoms with E-state index >= 15 is 0 Å². The molecule has 0 aromatic heterocycles. The average molecular weight is 265 g/mol. The summed E-state index contributed by atoms with van der Waals surface area (Å²) in [6.45, 7) is 9.97. The van der Waals surface area contributed by atoms with Gasteiger partial charge in [-0.2, -0.15) is 0 Å². The molecule has 3 heteroatoms. The van der Waals surface area contributed by atoms with E-state index in [0.717, 1.165) is 18.7 Å². The summed E-state index contributed by atoms with van der Waals surface area (Å²) in [6.07, 6.45) is 0.873. The molecule has 0 heterocycles. The molecule has 0 amide bonds. The molecule has 0 saturated heterocycles. The maximum absolute atomic E-state index is 5.78. The quantitative estimate of drug-likeness (QED) is 0.781. The Morgan fingerprint density at radius 2 is 2.00 bits per heavy atom. The number of rotatable bonds is 8. The van der Waals surface area contributed by atoms with E-state index in [4.69, 9.17) is 9.47 Å². The van der Waals surface area contributed by atoms with Crippen molar-refractivity contribution in [3.8, 4) is 5.75 Å². The van der Waals surface area contributed by atoms with Gasteiger partial charge in [-0.25, -0.2) is 0 Å². The molecule has 0 spiro atoms. The van der Waals surface area contributed by atoms with Crippen molar-refractivity contribution in [2.24, 2.45) is 0 Å². The summed E-state index contributed by atoms with van der Waals surface area (Å²) < 4.78 is 11.2. The summed E-state index contributed by atoms with van der Waals surface area (Å²) in [4.78, 5) is 0. The molecule has 0 saturated carbocycles. The fourth-order valence-corrected chi connectivity index (χ4v) is 1.58. The number of benzene rings is 1. The van der Waals surface area contributed by atoms with E-state index in [1.54, 1.807) is 7.11 Å².